The molecule has 0 spiro atoms. The number of aromatic nitrogens is 1. The smallest absolute Gasteiger partial charge is 0.323 e. The summed E-state index contributed by atoms with van der Waals surface area (Å²) in [7, 11) is 0. The minimum Gasteiger partial charge on any atom is -0.481 e. The van der Waals surface area contributed by atoms with E-state index in [4.69, 9.17) is 5.11 Å². The van der Waals surface area contributed by atoms with Gasteiger partial charge in [-0.2, -0.15) is 0 Å². The number of hydrogen-bond acceptors (Lipinski definition) is 4. The van der Waals surface area contributed by atoms with E-state index in [2.05, 4.69) is 10.3 Å². The monoisotopic (exact) mass is 255 g/mol. The quantitative estimate of drug-likeness (QED) is 0.838. The molecule has 6 nitrogen and oxygen atoms in total. The van der Waals surface area contributed by atoms with E-state index in [0.29, 0.717) is 18.1 Å². The third kappa shape index (κ3) is 2.38. The Balaban J connectivity index is 1.97. The Morgan fingerprint density at radius 2 is 2.41 bits per heavy atom. The Labute approximate surface area is 102 Å². The number of nitrogens with one attached hydrogen (secondary N) is 1. The number of urea groups is 1. The van der Waals surface area contributed by atoms with Crippen molar-refractivity contribution in [3.63, 3.8) is 0 Å². The second-order valence-electron chi connectivity index (χ2n) is 4.30. The van der Waals surface area contributed by atoms with Crippen molar-refractivity contribution in [1.29, 1.82) is 0 Å². The number of anilines is 1. The topological polar surface area (TPSA) is 82.5 Å². The molecule has 92 valence electrons. The fourth-order valence-corrected chi connectivity index (χ4v) is 2.28. The summed E-state index contributed by atoms with van der Waals surface area (Å²) in [5, 5.41) is 14.0. The number of likely N-dealkylation sites (tertiary alicyclic amines) is 1. The summed E-state index contributed by atoms with van der Waals surface area (Å²) in [6.07, 6.45) is 2.08. The van der Waals surface area contributed by atoms with Gasteiger partial charge in [0.15, 0.2) is 5.13 Å². The first-order valence-electron chi connectivity index (χ1n) is 5.20. The number of nitrogens with zero attached hydrogens (tertiary/aromatic N) is 2. The zero-order valence-corrected chi connectivity index (χ0v) is 10.2. The molecule has 0 bridgehead atoms. The second-order valence-corrected chi connectivity index (χ2v) is 5.20. The maximum atomic E-state index is 11.8. The third-order valence-corrected chi connectivity index (χ3v) is 3.61. The first kappa shape index (κ1) is 11.8. The van der Waals surface area contributed by atoms with E-state index in [-0.39, 0.29) is 12.6 Å². The maximum absolute atomic E-state index is 11.8. The molecule has 2 rings (SSSR count). The second kappa shape index (κ2) is 4.33. The Hall–Kier alpha value is -1.63. The molecule has 0 aliphatic carbocycles. The summed E-state index contributed by atoms with van der Waals surface area (Å²) < 4.78 is 0. The van der Waals surface area contributed by atoms with E-state index in [1.807, 2.05) is 0 Å². The summed E-state index contributed by atoms with van der Waals surface area (Å²) in [5.74, 6) is -0.859. The van der Waals surface area contributed by atoms with Crippen LogP contribution in [0.25, 0.3) is 0 Å². The number of rotatable bonds is 2. The molecule has 17 heavy (non-hydrogen) atoms. The largest absolute Gasteiger partial charge is 0.481 e. The number of thiazole rings is 1. The van der Waals surface area contributed by atoms with Crippen LogP contribution in [0.3, 0.4) is 0 Å². The first-order chi connectivity index (χ1) is 8.01. The van der Waals surface area contributed by atoms with Gasteiger partial charge < -0.3 is 10.0 Å². The number of aliphatic carboxylic acids is 1. The average molecular weight is 255 g/mol. The van der Waals surface area contributed by atoms with Gasteiger partial charge in [0.1, 0.15) is 0 Å². The first-order valence-corrected chi connectivity index (χ1v) is 6.08. The van der Waals surface area contributed by atoms with Gasteiger partial charge in [0.05, 0.1) is 5.41 Å². The lowest BCUT2D eigenvalue weighted by molar-refractivity contribution is -0.146. The van der Waals surface area contributed by atoms with E-state index in [9.17, 15) is 9.59 Å². The Bertz CT molecular complexity index is 434. The number of carbonyl (C=O) groups excluding carboxylic acids is 1. The number of carbonyl (C=O) groups is 2. The molecular formula is C10H13N3O3S. The van der Waals surface area contributed by atoms with Crippen LogP contribution in [0.1, 0.15) is 13.3 Å². The van der Waals surface area contributed by atoms with E-state index in [0.717, 1.165) is 0 Å². The lowest BCUT2D eigenvalue weighted by atomic mass is 9.90. The molecule has 0 aromatic carbocycles. The van der Waals surface area contributed by atoms with Gasteiger partial charge in [0.2, 0.25) is 0 Å². The molecule has 7 heteroatoms. The zero-order chi connectivity index (χ0) is 12.5. The lowest BCUT2D eigenvalue weighted by Crippen LogP contribution is -2.37. The van der Waals surface area contributed by atoms with Gasteiger partial charge in [-0.15, -0.1) is 11.3 Å². The van der Waals surface area contributed by atoms with E-state index in [1.54, 1.807) is 18.5 Å². The highest BCUT2D eigenvalue weighted by molar-refractivity contribution is 7.13. The highest BCUT2D eigenvalue weighted by Gasteiger charge is 2.42. The summed E-state index contributed by atoms with van der Waals surface area (Å²) in [5.41, 5.74) is -0.833. The standard InChI is InChI=1S/C10H13N3O3S/c1-10(7(14)15)2-4-13(6-10)9(16)12-8-11-3-5-17-8/h3,5H,2,4,6H2,1H3,(H,14,15)(H,11,12,16). The van der Waals surface area contributed by atoms with Crippen LogP contribution in [0, 0.1) is 5.41 Å². The molecular weight excluding hydrogens is 242 g/mol. The lowest BCUT2D eigenvalue weighted by Gasteiger charge is -2.19. The fourth-order valence-electron chi connectivity index (χ4n) is 1.76. The molecule has 1 aliphatic rings. The Morgan fingerprint density at radius 1 is 1.65 bits per heavy atom. The summed E-state index contributed by atoms with van der Waals surface area (Å²) in [4.78, 5) is 28.3. The fraction of sp³-hybridized carbons (Fsp3) is 0.500. The molecule has 1 atom stereocenters. The minimum absolute atomic E-state index is 0.236. The number of hydrogen-bond donors (Lipinski definition) is 2. The van der Waals surface area contributed by atoms with Crippen LogP contribution in [0.2, 0.25) is 0 Å². The molecule has 1 unspecified atom stereocenters. The number of amides is 2. The molecule has 0 radical (unpaired) electrons. The summed E-state index contributed by atoms with van der Waals surface area (Å²) in [6, 6.07) is -0.287. The van der Waals surface area contributed by atoms with E-state index < -0.39 is 11.4 Å². The van der Waals surface area contributed by atoms with Crippen LogP contribution in [0.4, 0.5) is 9.93 Å². The van der Waals surface area contributed by atoms with Gasteiger partial charge in [-0.25, -0.2) is 9.78 Å². The van der Waals surface area contributed by atoms with Gasteiger partial charge in [0, 0.05) is 24.7 Å². The Morgan fingerprint density at radius 3 is 2.94 bits per heavy atom. The highest BCUT2D eigenvalue weighted by atomic mass is 32.1. The van der Waals surface area contributed by atoms with Gasteiger partial charge in [0.25, 0.3) is 0 Å². The molecule has 1 aromatic heterocycles. The molecule has 1 saturated heterocycles. The van der Waals surface area contributed by atoms with Crippen LogP contribution in [-0.4, -0.2) is 40.1 Å². The average Bonchev–Trinajstić information content (AvgIpc) is 2.88. The van der Waals surface area contributed by atoms with Crippen molar-refractivity contribution in [2.45, 2.75) is 13.3 Å². The van der Waals surface area contributed by atoms with Crippen molar-refractivity contribution in [2.75, 3.05) is 18.4 Å². The molecule has 2 amide bonds. The molecule has 2 heterocycles. The third-order valence-electron chi connectivity index (χ3n) is 2.92. The highest BCUT2D eigenvalue weighted by Crippen LogP contribution is 2.30. The molecule has 0 saturated carbocycles. The maximum Gasteiger partial charge on any atom is 0.323 e. The van der Waals surface area contributed by atoms with Crippen LogP contribution in [0.15, 0.2) is 11.6 Å². The van der Waals surface area contributed by atoms with Crippen LogP contribution in [-0.2, 0) is 4.79 Å². The van der Waals surface area contributed by atoms with Crippen molar-refractivity contribution in [3.8, 4) is 0 Å². The van der Waals surface area contributed by atoms with Crippen LogP contribution < -0.4 is 5.32 Å². The van der Waals surface area contributed by atoms with Gasteiger partial charge >= 0.3 is 12.0 Å². The number of carboxylic acids is 1. The van der Waals surface area contributed by atoms with E-state index in [1.165, 1.54) is 16.2 Å². The number of carboxylic acid groups (broad SMARTS) is 1. The van der Waals surface area contributed by atoms with E-state index >= 15 is 0 Å². The van der Waals surface area contributed by atoms with Gasteiger partial charge in [-0.05, 0) is 13.3 Å². The van der Waals surface area contributed by atoms with Crippen molar-refractivity contribution >= 4 is 28.5 Å². The molecule has 1 fully saturated rings. The van der Waals surface area contributed by atoms with Crippen molar-refractivity contribution < 1.29 is 14.7 Å². The van der Waals surface area contributed by atoms with Crippen LogP contribution >= 0.6 is 11.3 Å². The normalized spacial score (nSPS) is 23.7. The molecule has 1 aromatic rings. The van der Waals surface area contributed by atoms with Crippen LogP contribution in [0.5, 0.6) is 0 Å². The zero-order valence-electron chi connectivity index (χ0n) is 9.34. The van der Waals surface area contributed by atoms with Gasteiger partial charge in [-0.3, -0.25) is 10.1 Å². The predicted octanol–water partition coefficient (Wildman–Crippen LogP) is 1.47. The summed E-state index contributed by atoms with van der Waals surface area (Å²) >= 11 is 1.33. The molecule has 2 N–H and O–H groups in total. The van der Waals surface area contributed by atoms with Crippen molar-refractivity contribution in [2.24, 2.45) is 5.41 Å². The van der Waals surface area contributed by atoms with Crippen molar-refractivity contribution in [1.82, 2.24) is 9.88 Å². The predicted molar refractivity (Wildman–Crippen MR) is 63.1 cm³/mol. The molecule has 1 aliphatic heterocycles. The summed E-state index contributed by atoms with van der Waals surface area (Å²) in [6.45, 7) is 2.35. The SMILES string of the molecule is CC1(C(=O)O)CCN(C(=O)Nc2nccs2)C1. The Kier molecular flexibility index (Phi) is 3.01. The van der Waals surface area contributed by atoms with Crippen molar-refractivity contribution in [3.05, 3.63) is 11.6 Å². The van der Waals surface area contributed by atoms with Gasteiger partial charge in [-0.1, -0.05) is 0 Å². The minimum atomic E-state index is -0.859.